The molecule has 0 amide bonds. The Kier molecular flexibility index (Phi) is 2.58. The quantitative estimate of drug-likeness (QED) is 0.828. The number of nitrogens with zero attached hydrogens (tertiary/aromatic N) is 1. The first-order chi connectivity index (χ1) is 7.29. The fourth-order valence-electron chi connectivity index (χ4n) is 1.37. The second-order valence-corrected chi connectivity index (χ2v) is 3.24. The van der Waals surface area contributed by atoms with E-state index in [0.29, 0.717) is 5.88 Å². The fourth-order valence-corrected chi connectivity index (χ4v) is 1.37. The summed E-state index contributed by atoms with van der Waals surface area (Å²) in [5.74, 6) is 1.22. The summed E-state index contributed by atoms with van der Waals surface area (Å²) in [5.41, 5.74) is 7.64. The Hall–Kier alpha value is -1.97. The zero-order chi connectivity index (χ0) is 10.7. The van der Waals surface area contributed by atoms with Gasteiger partial charge in [0.2, 0.25) is 5.88 Å². The summed E-state index contributed by atoms with van der Waals surface area (Å²) in [5, 5.41) is 3.63. The Labute approximate surface area is 87.6 Å². The lowest BCUT2D eigenvalue weighted by molar-refractivity contribution is 0.414. The molecule has 0 spiro atoms. The topological polar surface area (TPSA) is 61.3 Å². The van der Waals surface area contributed by atoms with E-state index in [4.69, 9.17) is 15.0 Å². The summed E-state index contributed by atoms with van der Waals surface area (Å²) >= 11 is 0. The molecule has 0 bridgehead atoms. The molecule has 0 saturated heterocycles. The predicted molar refractivity (Wildman–Crippen MR) is 56.7 cm³/mol. The van der Waals surface area contributed by atoms with Gasteiger partial charge in [-0.2, -0.15) is 0 Å². The van der Waals surface area contributed by atoms with Crippen LogP contribution in [0.3, 0.4) is 0 Å². The smallest absolute Gasteiger partial charge is 0.225 e. The first-order valence-corrected chi connectivity index (χ1v) is 4.61. The van der Waals surface area contributed by atoms with Crippen LogP contribution in [0.25, 0.3) is 0 Å². The highest BCUT2D eigenvalue weighted by molar-refractivity contribution is 5.38. The molecule has 4 nitrogen and oxygen atoms in total. The number of hydrogen-bond acceptors (Lipinski definition) is 4. The molecule has 2 rings (SSSR count). The molecule has 0 saturated carbocycles. The van der Waals surface area contributed by atoms with Crippen LogP contribution >= 0.6 is 0 Å². The van der Waals surface area contributed by atoms with Crippen molar-refractivity contribution < 1.29 is 9.26 Å². The summed E-state index contributed by atoms with van der Waals surface area (Å²) in [6, 6.07) is 7.81. The van der Waals surface area contributed by atoms with Gasteiger partial charge in [-0.25, -0.2) is 0 Å². The number of rotatable bonds is 3. The van der Waals surface area contributed by atoms with Crippen molar-refractivity contribution >= 4 is 5.88 Å². The van der Waals surface area contributed by atoms with E-state index in [1.54, 1.807) is 13.3 Å². The van der Waals surface area contributed by atoms with E-state index in [1.165, 1.54) is 0 Å². The van der Waals surface area contributed by atoms with Crippen molar-refractivity contribution in [3.63, 3.8) is 0 Å². The molecule has 0 radical (unpaired) electrons. The molecule has 15 heavy (non-hydrogen) atoms. The largest absolute Gasteiger partial charge is 0.497 e. The van der Waals surface area contributed by atoms with E-state index in [1.807, 2.05) is 24.3 Å². The van der Waals surface area contributed by atoms with Gasteiger partial charge in [0, 0.05) is 12.0 Å². The molecule has 1 aromatic carbocycles. The highest BCUT2D eigenvalue weighted by Gasteiger charge is 2.04. The van der Waals surface area contributed by atoms with Crippen molar-refractivity contribution in [2.24, 2.45) is 0 Å². The van der Waals surface area contributed by atoms with Crippen LogP contribution in [-0.4, -0.2) is 12.3 Å². The van der Waals surface area contributed by atoms with Crippen LogP contribution in [0.5, 0.6) is 5.75 Å². The Morgan fingerprint density at radius 2 is 2.07 bits per heavy atom. The van der Waals surface area contributed by atoms with Gasteiger partial charge in [-0.05, 0) is 17.7 Å². The number of methoxy groups -OCH3 is 1. The minimum Gasteiger partial charge on any atom is -0.497 e. The maximum absolute atomic E-state index is 5.59. The Morgan fingerprint density at radius 3 is 2.60 bits per heavy atom. The molecule has 1 heterocycles. The molecule has 0 fully saturated rings. The standard InChI is InChI=1S/C11H12N2O2/c1-14-10-4-2-8(3-5-10)6-9-7-13-15-11(9)12/h2-5,7H,6,12H2,1H3. The second-order valence-electron chi connectivity index (χ2n) is 3.24. The van der Waals surface area contributed by atoms with E-state index >= 15 is 0 Å². The Balaban J connectivity index is 2.14. The molecule has 0 aliphatic heterocycles. The first-order valence-electron chi connectivity index (χ1n) is 4.61. The third-order valence-corrected chi connectivity index (χ3v) is 2.23. The lowest BCUT2D eigenvalue weighted by atomic mass is 10.1. The van der Waals surface area contributed by atoms with Gasteiger partial charge in [0.25, 0.3) is 0 Å². The highest BCUT2D eigenvalue weighted by Crippen LogP contribution is 2.17. The van der Waals surface area contributed by atoms with Crippen LogP contribution < -0.4 is 10.5 Å². The summed E-state index contributed by atoms with van der Waals surface area (Å²) in [6.45, 7) is 0. The number of hydrogen-bond donors (Lipinski definition) is 1. The lowest BCUT2D eigenvalue weighted by Crippen LogP contribution is -1.91. The zero-order valence-electron chi connectivity index (χ0n) is 8.43. The minimum atomic E-state index is 0.380. The van der Waals surface area contributed by atoms with Gasteiger partial charge in [-0.3, -0.25) is 0 Å². The Bertz CT molecular complexity index is 434. The number of benzene rings is 1. The molecule has 4 heteroatoms. The molecule has 0 unspecified atom stereocenters. The maximum atomic E-state index is 5.59. The fraction of sp³-hybridized carbons (Fsp3) is 0.182. The molecule has 0 atom stereocenters. The molecule has 2 aromatic rings. The van der Waals surface area contributed by atoms with Crippen LogP contribution in [0.4, 0.5) is 5.88 Å². The van der Waals surface area contributed by atoms with E-state index < -0.39 is 0 Å². The monoisotopic (exact) mass is 204 g/mol. The number of nitrogen functional groups attached to an aromatic ring is 1. The van der Waals surface area contributed by atoms with Gasteiger partial charge in [0.1, 0.15) is 5.75 Å². The predicted octanol–water partition coefficient (Wildman–Crippen LogP) is 1.86. The number of aromatic nitrogens is 1. The second kappa shape index (κ2) is 4.04. The molecule has 0 aliphatic rings. The van der Waals surface area contributed by atoms with Crippen molar-refractivity contribution in [2.75, 3.05) is 12.8 Å². The molecule has 2 N–H and O–H groups in total. The van der Waals surface area contributed by atoms with Crippen LogP contribution in [0.15, 0.2) is 35.0 Å². The normalized spacial score (nSPS) is 10.2. The van der Waals surface area contributed by atoms with Gasteiger partial charge in [0.15, 0.2) is 0 Å². The summed E-state index contributed by atoms with van der Waals surface area (Å²) in [7, 11) is 1.65. The summed E-state index contributed by atoms with van der Waals surface area (Å²) < 4.78 is 9.86. The van der Waals surface area contributed by atoms with E-state index in [9.17, 15) is 0 Å². The van der Waals surface area contributed by atoms with Crippen LogP contribution in [0.2, 0.25) is 0 Å². The Morgan fingerprint density at radius 1 is 1.33 bits per heavy atom. The van der Waals surface area contributed by atoms with Gasteiger partial charge in [-0.15, -0.1) is 0 Å². The van der Waals surface area contributed by atoms with E-state index in [-0.39, 0.29) is 0 Å². The van der Waals surface area contributed by atoms with Gasteiger partial charge in [0.05, 0.1) is 13.3 Å². The van der Waals surface area contributed by atoms with Gasteiger partial charge >= 0.3 is 0 Å². The SMILES string of the molecule is COc1ccc(Cc2cnoc2N)cc1. The van der Waals surface area contributed by atoms with Gasteiger partial charge < -0.3 is 15.0 Å². The van der Waals surface area contributed by atoms with Crippen molar-refractivity contribution in [2.45, 2.75) is 6.42 Å². The lowest BCUT2D eigenvalue weighted by Gasteiger charge is -2.01. The third kappa shape index (κ3) is 2.10. The molecule has 1 aromatic heterocycles. The average molecular weight is 204 g/mol. The molecular formula is C11H12N2O2. The van der Waals surface area contributed by atoms with Crippen molar-refractivity contribution in [1.29, 1.82) is 0 Å². The molecular weight excluding hydrogens is 192 g/mol. The molecule has 0 aliphatic carbocycles. The van der Waals surface area contributed by atoms with Crippen molar-refractivity contribution in [1.82, 2.24) is 5.16 Å². The minimum absolute atomic E-state index is 0.380. The van der Waals surface area contributed by atoms with E-state index in [2.05, 4.69) is 5.16 Å². The summed E-state index contributed by atoms with van der Waals surface area (Å²) in [4.78, 5) is 0. The maximum Gasteiger partial charge on any atom is 0.225 e. The summed E-state index contributed by atoms with van der Waals surface area (Å²) in [6.07, 6.45) is 2.36. The average Bonchev–Trinajstić information content (AvgIpc) is 2.66. The van der Waals surface area contributed by atoms with Gasteiger partial charge in [-0.1, -0.05) is 17.3 Å². The van der Waals surface area contributed by atoms with Crippen molar-refractivity contribution in [3.8, 4) is 5.75 Å². The number of anilines is 1. The third-order valence-electron chi connectivity index (χ3n) is 2.23. The zero-order valence-corrected chi connectivity index (χ0v) is 8.43. The number of nitrogens with two attached hydrogens (primary N) is 1. The van der Waals surface area contributed by atoms with Crippen LogP contribution in [-0.2, 0) is 6.42 Å². The van der Waals surface area contributed by atoms with Crippen LogP contribution in [0.1, 0.15) is 11.1 Å². The highest BCUT2D eigenvalue weighted by atomic mass is 16.5. The van der Waals surface area contributed by atoms with E-state index in [0.717, 1.165) is 23.3 Å². The first kappa shape index (κ1) is 9.58. The van der Waals surface area contributed by atoms with Crippen molar-refractivity contribution in [3.05, 3.63) is 41.6 Å². The number of ether oxygens (including phenoxy) is 1. The molecule has 78 valence electrons. The van der Waals surface area contributed by atoms with Crippen LogP contribution in [0, 0.1) is 0 Å².